The maximum atomic E-state index is 12.7. The molecule has 9 nitrogen and oxygen atoms in total. The molecule has 0 bridgehead atoms. The number of aliphatic hydroxyl groups is 2. The molecule has 0 aliphatic carbocycles. The monoisotopic (exact) mass is 715 g/mol. The number of rotatable bonds is 36. The van der Waals surface area contributed by atoms with Crippen molar-refractivity contribution in [2.24, 2.45) is 5.73 Å². The number of carbonyl (C=O) groups excluding carboxylic acids is 1. The fourth-order valence-corrected chi connectivity index (χ4v) is 6.24. The molecule has 0 aromatic heterocycles. The van der Waals surface area contributed by atoms with Crippen LogP contribution in [-0.4, -0.2) is 59.0 Å². The smallest absolute Gasteiger partial charge is 0.393 e. The highest BCUT2D eigenvalue weighted by Gasteiger charge is 2.27. The van der Waals surface area contributed by atoms with E-state index < -0.39 is 38.6 Å². The number of aliphatic hydroxyl groups excluding tert-OH is 2. The van der Waals surface area contributed by atoms with E-state index in [1.165, 1.54) is 89.9 Å². The largest absolute Gasteiger partial charge is 0.472 e. The molecule has 10 heteroatoms. The summed E-state index contributed by atoms with van der Waals surface area (Å²) in [6.45, 7) is 3.90. The highest BCUT2D eigenvalue weighted by atomic mass is 31.2. The summed E-state index contributed by atoms with van der Waals surface area (Å²) in [6.07, 6.45) is 36.6. The number of carbonyl (C=O) groups is 1. The average Bonchev–Trinajstić information content (AvgIpc) is 3.07. The van der Waals surface area contributed by atoms with Crippen molar-refractivity contribution in [3.05, 3.63) is 36.5 Å². The Labute approximate surface area is 300 Å². The summed E-state index contributed by atoms with van der Waals surface area (Å²) in [4.78, 5) is 22.6. The molecule has 49 heavy (non-hydrogen) atoms. The number of hydrogen-bond acceptors (Lipinski definition) is 7. The number of phosphoric ester groups is 1. The van der Waals surface area contributed by atoms with E-state index in [4.69, 9.17) is 14.8 Å². The Bertz CT molecular complexity index is 883. The van der Waals surface area contributed by atoms with Gasteiger partial charge in [-0.1, -0.05) is 140 Å². The van der Waals surface area contributed by atoms with Gasteiger partial charge in [-0.3, -0.25) is 13.8 Å². The molecule has 4 atom stereocenters. The molecule has 0 aliphatic rings. The van der Waals surface area contributed by atoms with Crippen LogP contribution in [0.1, 0.15) is 168 Å². The molecule has 0 saturated carbocycles. The minimum Gasteiger partial charge on any atom is -0.393 e. The van der Waals surface area contributed by atoms with Crippen LogP contribution in [0.4, 0.5) is 0 Å². The second-order valence-corrected chi connectivity index (χ2v) is 14.8. The second-order valence-electron chi connectivity index (χ2n) is 13.3. The van der Waals surface area contributed by atoms with Crippen molar-refractivity contribution < 1.29 is 33.5 Å². The number of amides is 1. The summed E-state index contributed by atoms with van der Waals surface area (Å²) < 4.78 is 22.0. The Hall–Kier alpha value is -1.32. The molecule has 0 aromatic carbocycles. The number of phosphoric acid groups is 1. The Kier molecular flexibility index (Phi) is 34.2. The van der Waals surface area contributed by atoms with Crippen molar-refractivity contribution in [2.45, 2.75) is 186 Å². The maximum Gasteiger partial charge on any atom is 0.472 e. The van der Waals surface area contributed by atoms with Gasteiger partial charge in [0.05, 0.1) is 37.9 Å². The van der Waals surface area contributed by atoms with E-state index >= 15 is 0 Å². The number of nitrogens with two attached hydrogens (primary N) is 1. The number of allylic oxidation sites excluding steroid dienone is 5. The zero-order valence-electron chi connectivity index (χ0n) is 31.3. The van der Waals surface area contributed by atoms with Crippen molar-refractivity contribution in [2.75, 3.05) is 19.8 Å². The van der Waals surface area contributed by atoms with Gasteiger partial charge in [-0.05, 0) is 57.8 Å². The van der Waals surface area contributed by atoms with E-state index in [9.17, 15) is 24.5 Å². The standard InChI is InChI=1S/C39H75N2O7P/c1-3-5-7-9-11-13-15-17-18-19-20-22-24-26-28-30-36(42)34-39(44)41-37(35-48-49(45,46)47-33-32-40)38(43)31-29-27-25-23-21-16-14-12-10-8-6-4-2/h17-18,21,23,29,31,36-38,42-43H,3-16,19-20,22,24-28,30,32-35,40H2,1-2H3,(H,41,44)(H,45,46)/b18-17-,23-21+,31-29+. The first kappa shape index (κ1) is 47.7. The minimum absolute atomic E-state index is 0.0431. The highest BCUT2D eigenvalue weighted by Crippen LogP contribution is 2.43. The molecule has 0 heterocycles. The fraction of sp³-hybridized carbons (Fsp3) is 0.821. The van der Waals surface area contributed by atoms with Crippen LogP contribution < -0.4 is 11.1 Å². The quantitative estimate of drug-likeness (QED) is 0.0245. The summed E-state index contributed by atoms with van der Waals surface area (Å²) in [5.41, 5.74) is 5.34. The molecule has 0 aromatic rings. The van der Waals surface area contributed by atoms with Gasteiger partial charge in [0.2, 0.25) is 5.91 Å². The molecule has 0 fully saturated rings. The van der Waals surface area contributed by atoms with E-state index in [-0.39, 0.29) is 19.6 Å². The lowest BCUT2D eigenvalue weighted by Gasteiger charge is -2.24. The molecular formula is C39H75N2O7P. The van der Waals surface area contributed by atoms with Gasteiger partial charge < -0.3 is 26.2 Å². The molecule has 1 amide bonds. The van der Waals surface area contributed by atoms with Crippen LogP contribution in [-0.2, 0) is 18.4 Å². The van der Waals surface area contributed by atoms with Crippen LogP contribution in [0.25, 0.3) is 0 Å². The first-order chi connectivity index (χ1) is 23.8. The van der Waals surface area contributed by atoms with E-state index in [1.54, 1.807) is 6.08 Å². The normalized spacial score (nSPS) is 15.3. The summed E-state index contributed by atoms with van der Waals surface area (Å²) >= 11 is 0. The molecule has 288 valence electrons. The first-order valence-electron chi connectivity index (χ1n) is 19.7. The summed E-state index contributed by atoms with van der Waals surface area (Å²) in [7, 11) is -4.40. The first-order valence-corrected chi connectivity index (χ1v) is 21.2. The third-order valence-corrected chi connectivity index (χ3v) is 9.48. The predicted molar refractivity (Wildman–Crippen MR) is 204 cm³/mol. The molecule has 6 N–H and O–H groups in total. The number of nitrogens with one attached hydrogen (secondary N) is 1. The Morgan fingerprint density at radius 2 is 1.16 bits per heavy atom. The second kappa shape index (κ2) is 35.1. The van der Waals surface area contributed by atoms with E-state index in [0.717, 1.165) is 44.9 Å². The molecule has 0 radical (unpaired) electrons. The summed E-state index contributed by atoms with van der Waals surface area (Å²) in [6, 6.07) is -0.999. The van der Waals surface area contributed by atoms with Crippen LogP contribution >= 0.6 is 7.82 Å². The van der Waals surface area contributed by atoms with Crippen molar-refractivity contribution in [3.8, 4) is 0 Å². The molecule has 4 unspecified atom stereocenters. The number of hydrogen-bond donors (Lipinski definition) is 5. The van der Waals surface area contributed by atoms with Gasteiger partial charge in [-0.25, -0.2) is 4.57 Å². The van der Waals surface area contributed by atoms with Crippen LogP contribution in [0.3, 0.4) is 0 Å². The Morgan fingerprint density at radius 1 is 0.694 bits per heavy atom. The maximum absolute atomic E-state index is 12.7. The van der Waals surface area contributed by atoms with Crippen molar-refractivity contribution in [1.29, 1.82) is 0 Å². The van der Waals surface area contributed by atoms with E-state index in [0.29, 0.717) is 12.8 Å². The van der Waals surface area contributed by atoms with Crippen molar-refractivity contribution >= 4 is 13.7 Å². The van der Waals surface area contributed by atoms with Crippen LogP contribution in [0.2, 0.25) is 0 Å². The fourth-order valence-electron chi connectivity index (χ4n) is 5.48. The van der Waals surface area contributed by atoms with Gasteiger partial charge in [-0.15, -0.1) is 0 Å². The molecule has 0 spiro atoms. The summed E-state index contributed by atoms with van der Waals surface area (Å²) in [5, 5.41) is 23.9. The molecule has 0 rings (SSSR count). The van der Waals surface area contributed by atoms with Crippen LogP contribution in [0, 0.1) is 0 Å². The lowest BCUT2D eigenvalue weighted by Crippen LogP contribution is -2.46. The molecule has 0 saturated heterocycles. The van der Waals surface area contributed by atoms with Crippen molar-refractivity contribution in [3.63, 3.8) is 0 Å². The van der Waals surface area contributed by atoms with Crippen LogP contribution in [0.15, 0.2) is 36.5 Å². The SMILES string of the molecule is CCCCCCCC/C=C\CCCCCCCC(O)CC(=O)NC(COP(=O)(O)OCCN)C(O)/C=C/CC/C=C/CCCCCCCC. The third-order valence-electron chi connectivity index (χ3n) is 8.49. The Morgan fingerprint density at radius 3 is 1.69 bits per heavy atom. The van der Waals surface area contributed by atoms with Crippen molar-refractivity contribution in [1.82, 2.24) is 5.32 Å². The van der Waals surface area contributed by atoms with E-state index in [2.05, 4.69) is 43.5 Å². The van der Waals surface area contributed by atoms with Gasteiger partial charge in [0.1, 0.15) is 0 Å². The lowest BCUT2D eigenvalue weighted by molar-refractivity contribution is -0.124. The lowest BCUT2D eigenvalue weighted by atomic mass is 10.0. The predicted octanol–water partition coefficient (Wildman–Crippen LogP) is 9.36. The zero-order valence-corrected chi connectivity index (χ0v) is 32.2. The summed E-state index contributed by atoms with van der Waals surface area (Å²) in [5.74, 6) is -0.463. The third kappa shape index (κ3) is 33.6. The zero-order chi connectivity index (χ0) is 36.3. The van der Waals surface area contributed by atoms with E-state index in [1.807, 2.05) is 6.08 Å². The average molecular weight is 715 g/mol. The minimum atomic E-state index is -4.40. The van der Waals surface area contributed by atoms with Gasteiger partial charge in [0, 0.05) is 6.54 Å². The Balaban J connectivity index is 4.44. The van der Waals surface area contributed by atoms with Gasteiger partial charge >= 0.3 is 7.82 Å². The highest BCUT2D eigenvalue weighted by molar-refractivity contribution is 7.47. The van der Waals surface area contributed by atoms with Gasteiger partial charge in [-0.2, -0.15) is 0 Å². The van der Waals surface area contributed by atoms with Gasteiger partial charge in [0.25, 0.3) is 0 Å². The van der Waals surface area contributed by atoms with Crippen LogP contribution in [0.5, 0.6) is 0 Å². The van der Waals surface area contributed by atoms with Gasteiger partial charge in [0.15, 0.2) is 0 Å². The molecule has 0 aliphatic heterocycles. The number of unbranched alkanes of at least 4 members (excludes halogenated alkanes) is 18. The molecular weight excluding hydrogens is 639 g/mol. The topological polar surface area (TPSA) is 151 Å².